The number of nitrogens with one attached hydrogen (secondary N) is 2. The van der Waals surface area contributed by atoms with Crippen molar-refractivity contribution in [2.45, 2.75) is 6.54 Å². The van der Waals surface area contributed by atoms with Crippen LogP contribution in [0.4, 0.5) is 5.69 Å². The van der Waals surface area contributed by atoms with Crippen LogP contribution in [0.1, 0.15) is 36.8 Å². The predicted octanol–water partition coefficient (Wildman–Crippen LogP) is 2.45. The van der Waals surface area contributed by atoms with Gasteiger partial charge >= 0.3 is 5.97 Å². The lowest BCUT2D eigenvalue weighted by Gasteiger charge is -2.08. The van der Waals surface area contributed by atoms with Crippen LogP contribution in [0.5, 0.6) is 0 Å². The van der Waals surface area contributed by atoms with Gasteiger partial charge in [-0.15, -0.1) is 0 Å². The Bertz CT molecular complexity index is 1040. The van der Waals surface area contributed by atoms with E-state index >= 15 is 0 Å². The summed E-state index contributed by atoms with van der Waals surface area (Å²) < 4.78 is 4.67. The molecule has 29 heavy (non-hydrogen) atoms. The Morgan fingerprint density at radius 1 is 0.931 bits per heavy atom. The van der Waals surface area contributed by atoms with Gasteiger partial charge in [0.2, 0.25) is 0 Å². The van der Waals surface area contributed by atoms with Crippen LogP contribution in [0.2, 0.25) is 0 Å². The molecule has 0 unspecified atom stereocenters. The lowest BCUT2D eigenvalue weighted by atomic mass is 10.1. The molecule has 3 rings (SSSR count). The number of esters is 1. The second-order valence-corrected chi connectivity index (χ2v) is 5.99. The van der Waals surface area contributed by atoms with Crippen LogP contribution < -0.4 is 10.6 Å². The fourth-order valence-electron chi connectivity index (χ4n) is 2.51. The molecule has 0 saturated carbocycles. The summed E-state index contributed by atoms with van der Waals surface area (Å²) in [6.45, 7) is 0.319. The van der Waals surface area contributed by atoms with E-state index in [2.05, 4.69) is 25.3 Å². The molecule has 0 radical (unpaired) electrons. The zero-order chi connectivity index (χ0) is 20.6. The van der Waals surface area contributed by atoms with Crippen LogP contribution in [0, 0.1) is 0 Å². The number of rotatable bonds is 6. The molecule has 8 nitrogen and oxygen atoms in total. The molecule has 0 atom stereocenters. The smallest absolute Gasteiger partial charge is 0.337 e. The molecule has 1 aromatic carbocycles. The van der Waals surface area contributed by atoms with Crippen molar-refractivity contribution in [2.24, 2.45) is 0 Å². The number of amides is 2. The van der Waals surface area contributed by atoms with Gasteiger partial charge in [-0.1, -0.05) is 6.07 Å². The lowest BCUT2D eigenvalue weighted by Crippen LogP contribution is -2.24. The summed E-state index contributed by atoms with van der Waals surface area (Å²) in [5.74, 6) is -1.33. The maximum Gasteiger partial charge on any atom is 0.337 e. The molecule has 3 aromatic rings. The highest BCUT2D eigenvalue weighted by molar-refractivity contribution is 6.06. The van der Waals surface area contributed by atoms with Gasteiger partial charge in [-0.05, 0) is 48.0 Å². The third kappa shape index (κ3) is 5.23. The molecule has 0 bridgehead atoms. The molecule has 0 aliphatic heterocycles. The lowest BCUT2D eigenvalue weighted by molar-refractivity contribution is 0.0600. The molecule has 146 valence electrons. The van der Waals surface area contributed by atoms with Gasteiger partial charge in [-0.2, -0.15) is 0 Å². The first-order chi connectivity index (χ1) is 14.1. The first kappa shape index (κ1) is 19.7. The molecule has 0 spiro atoms. The Kier molecular flexibility index (Phi) is 6.26. The van der Waals surface area contributed by atoms with Gasteiger partial charge in [-0.25, -0.2) is 4.79 Å². The minimum atomic E-state index is -0.502. The van der Waals surface area contributed by atoms with Gasteiger partial charge in [0, 0.05) is 36.4 Å². The Morgan fingerprint density at radius 2 is 1.72 bits per heavy atom. The standard InChI is InChI=1S/C21H18N4O4/c1-29-21(28)16-3-2-4-17(11-16)25-19(26)15-7-10-23-18(12-15)20(27)24-13-14-5-8-22-9-6-14/h2-12H,13H2,1H3,(H,24,27)(H,25,26). The van der Waals surface area contributed by atoms with E-state index in [4.69, 9.17) is 0 Å². The number of hydrogen-bond acceptors (Lipinski definition) is 6. The number of anilines is 1. The summed E-state index contributed by atoms with van der Waals surface area (Å²) in [7, 11) is 1.28. The maximum absolute atomic E-state index is 12.5. The Balaban J connectivity index is 1.67. The number of methoxy groups -OCH3 is 1. The van der Waals surface area contributed by atoms with Gasteiger partial charge in [0.1, 0.15) is 5.69 Å². The van der Waals surface area contributed by atoms with Crippen molar-refractivity contribution in [1.29, 1.82) is 0 Å². The van der Waals surface area contributed by atoms with Gasteiger partial charge in [0.05, 0.1) is 12.7 Å². The highest BCUT2D eigenvalue weighted by Gasteiger charge is 2.13. The Morgan fingerprint density at radius 3 is 2.48 bits per heavy atom. The van der Waals surface area contributed by atoms with Crippen LogP contribution in [0.3, 0.4) is 0 Å². The molecular formula is C21H18N4O4. The zero-order valence-electron chi connectivity index (χ0n) is 15.6. The van der Waals surface area contributed by atoms with Crippen molar-refractivity contribution in [2.75, 3.05) is 12.4 Å². The predicted molar refractivity (Wildman–Crippen MR) is 105 cm³/mol. The van der Waals surface area contributed by atoms with E-state index < -0.39 is 17.8 Å². The molecule has 2 aromatic heterocycles. The summed E-state index contributed by atoms with van der Waals surface area (Å²) >= 11 is 0. The maximum atomic E-state index is 12.5. The number of aromatic nitrogens is 2. The van der Waals surface area contributed by atoms with E-state index in [1.54, 1.807) is 42.7 Å². The van der Waals surface area contributed by atoms with Crippen molar-refractivity contribution in [1.82, 2.24) is 15.3 Å². The second-order valence-electron chi connectivity index (χ2n) is 5.99. The number of benzene rings is 1. The molecule has 2 N–H and O–H groups in total. The van der Waals surface area contributed by atoms with Crippen LogP contribution in [-0.4, -0.2) is 34.9 Å². The fourth-order valence-corrected chi connectivity index (χ4v) is 2.51. The Labute approximate surface area is 167 Å². The van der Waals surface area contributed by atoms with Gasteiger partial charge in [0.25, 0.3) is 11.8 Å². The third-order valence-corrected chi connectivity index (χ3v) is 4.00. The number of hydrogen-bond donors (Lipinski definition) is 2. The van der Waals surface area contributed by atoms with E-state index in [1.165, 1.54) is 31.5 Å². The molecule has 0 fully saturated rings. The van der Waals surface area contributed by atoms with Crippen LogP contribution in [0.15, 0.2) is 67.1 Å². The topological polar surface area (TPSA) is 110 Å². The molecule has 0 aliphatic rings. The SMILES string of the molecule is COC(=O)c1cccc(NC(=O)c2ccnc(C(=O)NCc3ccncc3)c2)c1. The Hall–Kier alpha value is -4.07. The van der Waals surface area contributed by atoms with E-state index in [1.807, 2.05) is 0 Å². The summed E-state index contributed by atoms with van der Waals surface area (Å²) in [6, 6.07) is 12.9. The number of pyridine rings is 2. The normalized spacial score (nSPS) is 10.1. The van der Waals surface area contributed by atoms with Crippen molar-refractivity contribution < 1.29 is 19.1 Å². The average molecular weight is 390 g/mol. The second kappa shape index (κ2) is 9.23. The average Bonchev–Trinajstić information content (AvgIpc) is 2.77. The molecule has 2 heterocycles. The monoisotopic (exact) mass is 390 g/mol. The quantitative estimate of drug-likeness (QED) is 0.626. The molecule has 0 aliphatic carbocycles. The van der Waals surface area contributed by atoms with E-state index in [-0.39, 0.29) is 11.3 Å². The minimum Gasteiger partial charge on any atom is -0.465 e. The van der Waals surface area contributed by atoms with Crippen molar-refractivity contribution in [3.05, 3.63) is 89.5 Å². The number of nitrogens with zero attached hydrogens (tertiary/aromatic N) is 2. The number of carbonyl (C=O) groups excluding carboxylic acids is 3. The van der Waals surface area contributed by atoms with Crippen LogP contribution in [0.25, 0.3) is 0 Å². The molecular weight excluding hydrogens is 372 g/mol. The largest absolute Gasteiger partial charge is 0.465 e. The number of ether oxygens (including phenoxy) is 1. The van der Waals surface area contributed by atoms with Crippen LogP contribution >= 0.6 is 0 Å². The molecule has 2 amide bonds. The van der Waals surface area contributed by atoms with Gasteiger partial charge < -0.3 is 15.4 Å². The first-order valence-corrected chi connectivity index (χ1v) is 8.69. The summed E-state index contributed by atoms with van der Waals surface area (Å²) in [6.07, 6.45) is 4.67. The fraction of sp³-hybridized carbons (Fsp3) is 0.0952. The van der Waals surface area contributed by atoms with Gasteiger partial charge in [-0.3, -0.25) is 19.6 Å². The zero-order valence-corrected chi connectivity index (χ0v) is 15.6. The first-order valence-electron chi connectivity index (χ1n) is 8.69. The van der Waals surface area contributed by atoms with Crippen LogP contribution in [-0.2, 0) is 11.3 Å². The molecule has 0 saturated heterocycles. The summed E-state index contributed by atoms with van der Waals surface area (Å²) in [5.41, 5.74) is 2.02. The summed E-state index contributed by atoms with van der Waals surface area (Å²) in [5, 5.41) is 5.43. The van der Waals surface area contributed by atoms with Crippen molar-refractivity contribution >= 4 is 23.5 Å². The molecule has 8 heteroatoms. The highest BCUT2D eigenvalue weighted by Crippen LogP contribution is 2.13. The van der Waals surface area contributed by atoms with Gasteiger partial charge in [0.15, 0.2) is 0 Å². The van der Waals surface area contributed by atoms with E-state index in [0.29, 0.717) is 17.8 Å². The third-order valence-electron chi connectivity index (χ3n) is 4.00. The van der Waals surface area contributed by atoms with E-state index in [0.717, 1.165) is 5.56 Å². The number of carbonyl (C=O) groups is 3. The summed E-state index contributed by atoms with van der Waals surface area (Å²) in [4.78, 5) is 44.4. The highest BCUT2D eigenvalue weighted by atomic mass is 16.5. The van der Waals surface area contributed by atoms with Crippen molar-refractivity contribution in [3.63, 3.8) is 0 Å². The minimum absolute atomic E-state index is 0.120. The van der Waals surface area contributed by atoms with Crippen molar-refractivity contribution in [3.8, 4) is 0 Å². The van der Waals surface area contributed by atoms with E-state index in [9.17, 15) is 14.4 Å².